The van der Waals surface area contributed by atoms with Gasteiger partial charge in [-0.3, -0.25) is 4.79 Å². The van der Waals surface area contributed by atoms with Gasteiger partial charge in [-0.15, -0.1) is 0 Å². The van der Waals surface area contributed by atoms with Crippen LogP contribution in [0.15, 0.2) is 21.3 Å². The molecule has 1 aliphatic rings. The number of ether oxygens (including phenoxy) is 2. The summed E-state index contributed by atoms with van der Waals surface area (Å²) in [6, 6.07) is 2.12. The van der Waals surface area contributed by atoms with E-state index in [4.69, 9.17) is 13.9 Å². The van der Waals surface area contributed by atoms with Gasteiger partial charge in [0, 0.05) is 17.7 Å². The zero-order chi connectivity index (χ0) is 22.1. The number of hydrogen-bond donors (Lipinski definition) is 2. The highest BCUT2D eigenvalue weighted by Crippen LogP contribution is 2.42. The lowest BCUT2D eigenvalue weighted by atomic mass is 9.92. The lowest BCUT2D eigenvalue weighted by Crippen LogP contribution is -2.42. The highest BCUT2D eigenvalue weighted by Gasteiger charge is 2.30. The van der Waals surface area contributed by atoms with Gasteiger partial charge in [-0.25, -0.2) is 9.59 Å². The smallest absolute Gasteiger partial charge is 0.336 e. The average molecular weight is 417 g/mol. The Labute approximate surface area is 174 Å². The molecule has 1 amide bonds. The number of carboxylic acids is 1. The Balaban J connectivity index is 1.93. The van der Waals surface area contributed by atoms with Crippen molar-refractivity contribution >= 4 is 22.8 Å². The summed E-state index contributed by atoms with van der Waals surface area (Å²) in [5.41, 5.74) is 1.02. The number of carbonyl (C=O) groups excluding carboxylic acids is 1. The summed E-state index contributed by atoms with van der Waals surface area (Å²) in [7, 11) is 0. The number of benzene rings is 1. The Hall–Kier alpha value is -3.03. The molecule has 0 fully saturated rings. The first-order valence-corrected chi connectivity index (χ1v) is 10.1. The second-order valence-corrected chi connectivity index (χ2v) is 8.20. The Morgan fingerprint density at radius 2 is 2.07 bits per heavy atom. The van der Waals surface area contributed by atoms with Crippen molar-refractivity contribution in [3.63, 3.8) is 0 Å². The van der Waals surface area contributed by atoms with E-state index in [1.165, 1.54) is 6.07 Å². The Bertz CT molecular complexity index is 1040. The standard InChI is InChI=1S/C22H27NO7/c1-5-6-14(21(26)27)23-17(24)11-28-16-10-15-13(7-8-22(3,4)30-15)20-19(16)12(2)9-18(25)29-20/h9-10,14H,5-8,11H2,1-4H3,(H,23,24)(H,26,27)/t14-/m1/s1. The minimum absolute atomic E-state index is 0.329. The molecule has 0 saturated heterocycles. The first-order valence-electron chi connectivity index (χ1n) is 10.1. The lowest BCUT2D eigenvalue weighted by molar-refractivity contribution is -0.142. The maximum Gasteiger partial charge on any atom is 0.336 e. The molecule has 1 aromatic carbocycles. The number of nitrogens with one attached hydrogen (secondary N) is 1. The molecule has 0 bridgehead atoms. The van der Waals surface area contributed by atoms with E-state index in [1.807, 2.05) is 20.8 Å². The number of amides is 1. The second-order valence-electron chi connectivity index (χ2n) is 8.20. The van der Waals surface area contributed by atoms with Crippen LogP contribution >= 0.6 is 0 Å². The van der Waals surface area contributed by atoms with Crippen molar-refractivity contribution in [2.45, 2.75) is 65.0 Å². The zero-order valence-corrected chi connectivity index (χ0v) is 17.7. The summed E-state index contributed by atoms with van der Waals surface area (Å²) in [5.74, 6) is -0.729. The maximum atomic E-state index is 12.3. The molecule has 1 aromatic heterocycles. The van der Waals surface area contributed by atoms with Crippen molar-refractivity contribution in [3.8, 4) is 11.5 Å². The third kappa shape index (κ3) is 4.58. The van der Waals surface area contributed by atoms with Gasteiger partial charge in [0.25, 0.3) is 5.91 Å². The van der Waals surface area contributed by atoms with Gasteiger partial charge in [-0.1, -0.05) is 13.3 Å². The van der Waals surface area contributed by atoms with E-state index in [-0.39, 0.29) is 12.2 Å². The zero-order valence-electron chi connectivity index (χ0n) is 17.7. The first-order chi connectivity index (χ1) is 14.1. The van der Waals surface area contributed by atoms with Crippen LogP contribution in [0.25, 0.3) is 11.0 Å². The highest BCUT2D eigenvalue weighted by atomic mass is 16.5. The normalized spacial score (nSPS) is 15.7. The molecule has 8 nitrogen and oxygen atoms in total. The predicted octanol–water partition coefficient (Wildman–Crippen LogP) is 2.95. The molecule has 1 aliphatic heterocycles. The number of rotatable bonds is 7. The van der Waals surface area contributed by atoms with E-state index in [0.717, 1.165) is 12.0 Å². The minimum Gasteiger partial charge on any atom is -0.487 e. The van der Waals surface area contributed by atoms with Crippen LogP contribution < -0.4 is 20.4 Å². The average Bonchev–Trinajstić information content (AvgIpc) is 2.64. The fraction of sp³-hybridized carbons (Fsp3) is 0.500. The van der Waals surface area contributed by atoms with Crippen molar-refractivity contribution < 1.29 is 28.6 Å². The molecule has 2 aromatic rings. The summed E-state index contributed by atoms with van der Waals surface area (Å²) < 4.78 is 17.3. The molecule has 1 atom stereocenters. The Morgan fingerprint density at radius 1 is 1.33 bits per heavy atom. The summed E-state index contributed by atoms with van der Waals surface area (Å²) in [4.78, 5) is 35.5. The topological polar surface area (TPSA) is 115 Å². The largest absolute Gasteiger partial charge is 0.487 e. The van der Waals surface area contributed by atoms with Crippen LogP contribution in [0.5, 0.6) is 11.5 Å². The van der Waals surface area contributed by atoms with E-state index >= 15 is 0 Å². The molecule has 0 unspecified atom stereocenters. The van der Waals surface area contributed by atoms with Gasteiger partial charge in [0.1, 0.15) is 28.7 Å². The summed E-state index contributed by atoms with van der Waals surface area (Å²) in [6.07, 6.45) is 2.40. The van der Waals surface area contributed by atoms with Gasteiger partial charge in [0.05, 0.1) is 5.39 Å². The van der Waals surface area contributed by atoms with Crippen LogP contribution in [0.2, 0.25) is 0 Å². The van der Waals surface area contributed by atoms with Crippen LogP contribution in [0.3, 0.4) is 0 Å². The van der Waals surface area contributed by atoms with E-state index in [2.05, 4.69) is 5.32 Å². The molecule has 2 heterocycles. The van der Waals surface area contributed by atoms with Crippen LogP contribution in [-0.4, -0.2) is 35.2 Å². The number of aliphatic carboxylic acids is 1. The molecule has 0 aliphatic carbocycles. The van der Waals surface area contributed by atoms with Crippen molar-refractivity contribution in [2.75, 3.05) is 6.61 Å². The van der Waals surface area contributed by atoms with Crippen molar-refractivity contribution in [3.05, 3.63) is 33.7 Å². The lowest BCUT2D eigenvalue weighted by Gasteiger charge is -2.33. The quantitative estimate of drug-likeness (QED) is 0.666. The number of aryl methyl sites for hydroxylation is 2. The third-order valence-corrected chi connectivity index (χ3v) is 5.17. The van der Waals surface area contributed by atoms with Crippen molar-refractivity contribution in [2.24, 2.45) is 0 Å². The fourth-order valence-electron chi connectivity index (χ4n) is 3.66. The predicted molar refractivity (Wildman–Crippen MR) is 110 cm³/mol. The second kappa shape index (κ2) is 8.38. The molecule has 162 valence electrons. The third-order valence-electron chi connectivity index (χ3n) is 5.17. The first kappa shape index (κ1) is 21.7. The van der Waals surface area contributed by atoms with Gasteiger partial charge < -0.3 is 24.3 Å². The summed E-state index contributed by atoms with van der Waals surface area (Å²) in [5, 5.41) is 12.3. The van der Waals surface area contributed by atoms with Crippen molar-refractivity contribution in [1.29, 1.82) is 0 Å². The van der Waals surface area contributed by atoms with E-state index in [1.54, 1.807) is 13.0 Å². The van der Waals surface area contributed by atoms with Crippen LogP contribution in [0, 0.1) is 6.92 Å². The Morgan fingerprint density at radius 3 is 2.73 bits per heavy atom. The number of hydrogen-bond acceptors (Lipinski definition) is 6. The number of carboxylic acid groups (broad SMARTS) is 1. The van der Waals surface area contributed by atoms with Gasteiger partial charge in [-0.2, -0.15) is 0 Å². The summed E-state index contributed by atoms with van der Waals surface area (Å²) in [6.45, 7) is 7.19. The number of carbonyl (C=O) groups is 2. The van der Waals surface area contributed by atoms with E-state index in [0.29, 0.717) is 47.3 Å². The molecule has 2 N–H and O–H groups in total. The molecule has 0 spiro atoms. The molecule has 8 heteroatoms. The molecule has 0 radical (unpaired) electrons. The van der Waals surface area contributed by atoms with Gasteiger partial charge >= 0.3 is 11.6 Å². The minimum atomic E-state index is -1.09. The number of fused-ring (bicyclic) bond motifs is 3. The fourth-order valence-corrected chi connectivity index (χ4v) is 3.66. The van der Waals surface area contributed by atoms with Crippen LogP contribution in [0.1, 0.15) is 51.2 Å². The molecular formula is C22H27NO7. The monoisotopic (exact) mass is 417 g/mol. The molecule has 3 rings (SSSR count). The van der Waals surface area contributed by atoms with Crippen molar-refractivity contribution in [1.82, 2.24) is 5.32 Å². The molecule has 30 heavy (non-hydrogen) atoms. The molecule has 0 saturated carbocycles. The SMILES string of the molecule is CCC[C@@H](NC(=O)COc1cc2c(c3oc(=O)cc(C)c13)CCC(C)(C)O2)C(=O)O. The maximum absolute atomic E-state index is 12.3. The van der Waals surface area contributed by atoms with Gasteiger partial charge in [0.2, 0.25) is 0 Å². The van der Waals surface area contributed by atoms with Gasteiger partial charge in [0.15, 0.2) is 6.61 Å². The van der Waals surface area contributed by atoms with E-state index in [9.17, 15) is 19.5 Å². The van der Waals surface area contributed by atoms with Crippen LogP contribution in [0.4, 0.5) is 0 Å². The van der Waals surface area contributed by atoms with Crippen LogP contribution in [-0.2, 0) is 16.0 Å². The van der Waals surface area contributed by atoms with E-state index < -0.39 is 23.5 Å². The molecular weight excluding hydrogens is 390 g/mol. The Kier molecular flexibility index (Phi) is 6.05. The van der Waals surface area contributed by atoms with Gasteiger partial charge in [-0.05, 0) is 45.6 Å². The highest BCUT2D eigenvalue weighted by molar-refractivity contribution is 5.92. The summed E-state index contributed by atoms with van der Waals surface area (Å²) >= 11 is 0.